The fourth-order valence-corrected chi connectivity index (χ4v) is 2.68. The van der Waals surface area contributed by atoms with Crippen molar-refractivity contribution in [2.24, 2.45) is 5.73 Å². The third-order valence-corrected chi connectivity index (χ3v) is 3.94. The van der Waals surface area contributed by atoms with Gasteiger partial charge in [-0.1, -0.05) is 29.8 Å². The molecule has 2 rings (SSSR count). The van der Waals surface area contributed by atoms with Crippen LogP contribution in [0.4, 0.5) is 8.78 Å². The number of halogens is 4. The molecule has 2 aromatic rings. The summed E-state index contributed by atoms with van der Waals surface area (Å²) < 4.78 is 28.3. The minimum atomic E-state index is -1.36. The van der Waals surface area contributed by atoms with Crippen LogP contribution in [0.25, 0.3) is 0 Å². The largest absolute Gasteiger partial charge is 0.318 e. The molecule has 0 aromatic heterocycles. The highest BCUT2D eigenvalue weighted by Gasteiger charge is 2.32. The Morgan fingerprint density at radius 3 is 2.42 bits per heavy atom. The molecular formula is C14H11BrClF2N. The van der Waals surface area contributed by atoms with E-state index in [1.165, 1.54) is 19.1 Å². The molecule has 0 amide bonds. The molecule has 0 heterocycles. The summed E-state index contributed by atoms with van der Waals surface area (Å²) in [6, 6.07) is 9.22. The molecule has 0 bridgehead atoms. The predicted molar refractivity (Wildman–Crippen MR) is 76.2 cm³/mol. The van der Waals surface area contributed by atoms with Crippen LogP contribution in [0.15, 0.2) is 40.9 Å². The van der Waals surface area contributed by atoms with E-state index in [1.807, 2.05) is 0 Å². The SMILES string of the molecule is CC(N)(c1ccccc1Cl)c1c(F)ccc(Br)c1F. The van der Waals surface area contributed by atoms with Gasteiger partial charge in [-0.15, -0.1) is 0 Å². The molecule has 0 radical (unpaired) electrons. The summed E-state index contributed by atoms with van der Waals surface area (Å²) in [6.45, 7) is 1.53. The maximum atomic E-state index is 14.2. The summed E-state index contributed by atoms with van der Waals surface area (Å²) in [5, 5.41) is 0.367. The standard InChI is InChI=1S/C14H11BrClF2N/c1-14(19,8-4-2-3-5-10(8)16)12-11(17)7-6-9(15)13(12)18/h2-7H,19H2,1H3. The van der Waals surface area contributed by atoms with E-state index >= 15 is 0 Å². The molecule has 5 heteroatoms. The highest BCUT2D eigenvalue weighted by molar-refractivity contribution is 9.10. The molecule has 2 N–H and O–H groups in total. The van der Waals surface area contributed by atoms with Crippen LogP contribution in [0.1, 0.15) is 18.1 Å². The third-order valence-electron chi connectivity index (χ3n) is 3.00. The Labute approximate surface area is 123 Å². The Morgan fingerprint density at radius 1 is 1.16 bits per heavy atom. The maximum Gasteiger partial charge on any atom is 0.145 e. The number of benzene rings is 2. The summed E-state index contributed by atoms with van der Waals surface area (Å²) in [4.78, 5) is 0. The van der Waals surface area contributed by atoms with E-state index in [9.17, 15) is 8.78 Å². The van der Waals surface area contributed by atoms with Gasteiger partial charge in [-0.05, 0) is 46.6 Å². The lowest BCUT2D eigenvalue weighted by Crippen LogP contribution is -2.36. The summed E-state index contributed by atoms with van der Waals surface area (Å²) in [7, 11) is 0. The highest BCUT2D eigenvalue weighted by Crippen LogP contribution is 2.36. The smallest absolute Gasteiger partial charge is 0.145 e. The van der Waals surface area contributed by atoms with Gasteiger partial charge in [-0.2, -0.15) is 0 Å². The fraction of sp³-hybridized carbons (Fsp3) is 0.143. The Morgan fingerprint density at radius 2 is 1.79 bits per heavy atom. The zero-order valence-electron chi connectivity index (χ0n) is 10.1. The zero-order chi connectivity index (χ0) is 14.2. The van der Waals surface area contributed by atoms with Gasteiger partial charge in [0, 0.05) is 10.6 Å². The van der Waals surface area contributed by atoms with Crippen molar-refractivity contribution in [3.05, 3.63) is 68.7 Å². The third kappa shape index (κ3) is 2.53. The number of hydrogen-bond acceptors (Lipinski definition) is 1. The van der Waals surface area contributed by atoms with Crippen molar-refractivity contribution in [3.8, 4) is 0 Å². The molecule has 1 nitrogen and oxygen atoms in total. The number of hydrogen-bond donors (Lipinski definition) is 1. The first-order valence-electron chi connectivity index (χ1n) is 5.53. The van der Waals surface area contributed by atoms with Crippen LogP contribution in [-0.2, 0) is 5.54 Å². The van der Waals surface area contributed by atoms with Gasteiger partial charge in [0.05, 0.1) is 10.0 Å². The van der Waals surface area contributed by atoms with Crippen LogP contribution in [-0.4, -0.2) is 0 Å². The first kappa shape index (κ1) is 14.4. The quantitative estimate of drug-likeness (QED) is 0.790. The van der Waals surface area contributed by atoms with Crippen molar-refractivity contribution in [3.63, 3.8) is 0 Å². The monoisotopic (exact) mass is 345 g/mol. The molecule has 0 saturated carbocycles. The molecule has 1 atom stereocenters. The van der Waals surface area contributed by atoms with Crippen LogP contribution in [0, 0.1) is 11.6 Å². The van der Waals surface area contributed by atoms with Crippen LogP contribution >= 0.6 is 27.5 Å². The lowest BCUT2D eigenvalue weighted by atomic mass is 9.85. The topological polar surface area (TPSA) is 26.0 Å². The lowest BCUT2D eigenvalue weighted by Gasteiger charge is -2.28. The molecule has 0 aliphatic rings. The van der Waals surface area contributed by atoms with Gasteiger partial charge in [0.15, 0.2) is 0 Å². The first-order chi connectivity index (χ1) is 8.85. The van der Waals surface area contributed by atoms with E-state index < -0.39 is 17.2 Å². The second-order valence-electron chi connectivity index (χ2n) is 4.40. The van der Waals surface area contributed by atoms with Crippen LogP contribution in [0.5, 0.6) is 0 Å². The molecule has 19 heavy (non-hydrogen) atoms. The van der Waals surface area contributed by atoms with E-state index in [0.717, 1.165) is 0 Å². The molecule has 0 aliphatic heterocycles. The molecular weight excluding hydrogens is 336 g/mol. The Kier molecular flexibility index (Phi) is 3.95. The average molecular weight is 347 g/mol. The van der Waals surface area contributed by atoms with Gasteiger partial charge in [-0.3, -0.25) is 0 Å². The zero-order valence-corrected chi connectivity index (χ0v) is 12.4. The Balaban J connectivity index is 2.70. The second kappa shape index (κ2) is 5.19. The molecule has 0 spiro atoms. The molecule has 100 valence electrons. The highest BCUT2D eigenvalue weighted by atomic mass is 79.9. The van der Waals surface area contributed by atoms with Crippen molar-refractivity contribution in [2.45, 2.75) is 12.5 Å². The minimum absolute atomic E-state index is 0.160. The van der Waals surface area contributed by atoms with Gasteiger partial charge in [0.1, 0.15) is 11.6 Å². The molecule has 2 aromatic carbocycles. The predicted octanol–water partition coefficient (Wildman–Crippen LogP) is 4.60. The fourth-order valence-electron chi connectivity index (χ4n) is 2.02. The Hall–Kier alpha value is -0.970. The van der Waals surface area contributed by atoms with E-state index in [-0.39, 0.29) is 10.0 Å². The molecule has 0 fully saturated rings. The van der Waals surface area contributed by atoms with Crippen molar-refractivity contribution < 1.29 is 8.78 Å². The summed E-state index contributed by atoms with van der Waals surface area (Å²) in [6.07, 6.45) is 0. The minimum Gasteiger partial charge on any atom is -0.318 e. The lowest BCUT2D eigenvalue weighted by molar-refractivity contribution is 0.479. The summed E-state index contributed by atoms with van der Waals surface area (Å²) >= 11 is 9.10. The van der Waals surface area contributed by atoms with E-state index in [0.29, 0.717) is 10.6 Å². The van der Waals surface area contributed by atoms with Crippen LogP contribution in [0.2, 0.25) is 5.02 Å². The number of rotatable bonds is 2. The van der Waals surface area contributed by atoms with Crippen molar-refractivity contribution in [2.75, 3.05) is 0 Å². The van der Waals surface area contributed by atoms with Crippen molar-refractivity contribution in [1.29, 1.82) is 0 Å². The normalized spacial score (nSPS) is 14.2. The molecule has 1 unspecified atom stereocenters. The molecule has 0 saturated heterocycles. The van der Waals surface area contributed by atoms with Crippen molar-refractivity contribution in [1.82, 2.24) is 0 Å². The maximum absolute atomic E-state index is 14.2. The summed E-state index contributed by atoms with van der Waals surface area (Å²) in [5.74, 6) is -1.42. The van der Waals surface area contributed by atoms with Gasteiger partial charge in [-0.25, -0.2) is 8.78 Å². The Bertz CT molecular complexity index is 629. The van der Waals surface area contributed by atoms with Gasteiger partial charge >= 0.3 is 0 Å². The number of nitrogens with two attached hydrogens (primary N) is 1. The van der Waals surface area contributed by atoms with Crippen LogP contribution in [0.3, 0.4) is 0 Å². The average Bonchev–Trinajstić information content (AvgIpc) is 2.34. The van der Waals surface area contributed by atoms with E-state index in [4.69, 9.17) is 17.3 Å². The van der Waals surface area contributed by atoms with E-state index in [2.05, 4.69) is 15.9 Å². The summed E-state index contributed by atoms with van der Waals surface area (Å²) in [5.41, 5.74) is 5.03. The van der Waals surface area contributed by atoms with Crippen LogP contribution < -0.4 is 5.73 Å². The van der Waals surface area contributed by atoms with E-state index in [1.54, 1.807) is 24.3 Å². The van der Waals surface area contributed by atoms with Gasteiger partial charge in [0.2, 0.25) is 0 Å². The molecule has 0 aliphatic carbocycles. The van der Waals surface area contributed by atoms with Crippen molar-refractivity contribution >= 4 is 27.5 Å². The van der Waals surface area contributed by atoms with Gasteiger partial charge in [0.25, 0.3) is 0 Å². The second-order valence-corrected chi connectivity index (χ2v) is 5.66. The first-order valence-corrected chi connectivity index (χ1v) is 6.70. The van der Waals surface area contributed by atoms with Gasteiger partial charge < -0.3 is 5.73 Å².